The Labute approximate surface area is 141 Å². The summed E-state index contributed by atoms with van der Waals surface area (Å²) in [6, 6.07) is 11.2. The van der Waals surface area contributed by atoms with Crippen LogP contribution in [0.2, 0.25) is 5.02 Å². The molecule has 0 fully saturated rings. The molecule has 0 aromatic heterocycles. The minimum atomic E-state index is -0.294. The summed E-state index contributed by atoms with van der Waals surface area (Å²) in [4.78, 5) is 11.5. The molecule has 2 amide bonds. The summed E-state index contributed by atoms with van der Waals surface area (Å²) in [5.74, 6) is 0.836. The molecule has 2 N–H and O–H groups in total. The number of ether oxygens (including phenoxy) is 1. The van der Waals surface area contributed by atoms with Gasteiger partial charge in [0.25, 0.3) is 0 Å². The smallest absolute Gasteiger partial charge is 0.318 e. The number of benzene rings is 2. The maximum absolute atomic E-state index is 11.5. The van der Waals surface area contributed by atoms with E-state index in [2.05, 4.69) is 29.7 Å². The summed E-state index contributed by atoms with van der Waals surface area (Å²) < 4.78 is 5.90. The molecule has 0 heterocycles. The summed E-state index contributed by atoms with van der Waals surface area (Å²) in [6.07, 6.45) is 0.999. The monoisotopic (exact) mass is 332 g/mol. The Bertz CT molecular complexity index is 701. The predicted octanol–water partition coefficient (Wildman–Crippen LogP) is 4.54. The molecule has 122 valence electrons. The van der Waals surface area contributed by atoms with Crippen LogP contribution in [0.15, 0.2) is 36.4 Å². The fraction of sp³-hybridized carbons (Fsp3) is 0.278. The lowest BCUT2D eigenvalue weighted by molar-refractivity contribution is 0.254. The van der Waals surface area contributed by atoms with Crippen LogP contribution in [-0.2, 0) is 13.0 Å². The van der Waals surface area contributed by atoms with E-state index < -0.39 is 0 Å². The maximum atomic E-state index is 11.5. The number of urea groups is 1. The van der Waals surface area contributed by atoms with E-state index in [1.54, 1.807) is 19.2 Å². The fourth-order valence-corrected chi connectivity index (χ4v) is 2.40. The maximum Gasteiger partial charge on any atom is 0.318 e. The van der Waals surface area contributed by atoms with Crippen molar-refractivity contribution in [3.05, 3.63) is 58.1 Å². The summed E-state index contributed by atoms with van der Waals surface area (Å²) >= 11 is 6.01. The van der Waals surface area contributed by atoms with Gasteiger partial charge in [0.2, 0.25) is 0 Å². The molecule has 0 atom stereocenters. The van der Waals surface area contributed by atoms with Gasteiger partial charge in [0.05, 0.1) is 5.69 Å². The van der Waals surface area contributed by atoms with Gasteiger partial charge in [-0.1, -0.05) is 36.7 Å². The van der Waals surface area contributed by atoms with Crippen LogP contribution in [0.3, 0.4) is 0 Å². The topological polar surface area (TPSA) is 50.4 Å². The van der Waals surface area contributed by atoms with Crippen LogP contribution < -0.4 is 15.4 Å². The van der Waals surface area contributed by atoms with Crippen molar-refractivity contribution in [3.63, 3.8) is 0 Å². The van der Waals surface area contributed by atoms with E-state index in [-0.39, 0.29) is 6.03 Å². The Morgan fingerprint density at radius 1 is 1.22 bits per heavy atom. The third kappa shape index (κ3) is 4.63. The Kier molecular flexibility index (Phi) is 5.88. The first kappa shape index (κ1) is 17.2. The van der Waals surface area contributed by atoms with E-state index >= 15 is 0 Å². The SMILES string of the molecule is CCc1ccc(OCc2ccc(Cl)cc2NC(=O)NC)c(C)c1. The van der Waals surface area contributed by atoms with Crippen molar-refractivity contribution in [1.82, 2.24) is 5.32 Å². The molecule has 0 aliphatic rings. The molecule has 0 unspecified atom stereocenters. The first-order valence-electron chi connectivity index (χ1n) is 7.53. The second kappa shape index (κ2) is 7.88. The number of anilines is 1. The molecule has 0 aliphatic heterocycles. The number of halogens is 1. The second-order valence-corrected chi connectivity index (χ2v) is 5.68. The lowest BCUT2D eigenvalue weighted by atomic mass is 10.1. The molecule has 0 aliphatic carbocycles. The summed E-state index contributed by atoms with van der Waals surface area (Å²) in [5, 5.41) is 5.84. The molecule has 4 nitrogen and oxygen atoms in total. The van der Waals surface area contributed by atoms with Crippen molar-refractivity contribution in [2.24, 2.45) is 0 Å². The van der Waals surface area contributed by atoms with Gasteiger partial charge in [-0.3, -0.25) is 0 Å². The van der Waals surface area contributed by atoms with Crippen LogP contribution in [0.1, 0.15) is 23.6 Å². The molecule has 23 heavy (non-hydrogen) atoms. The molecule has 0 radical (unpaired) electrons. The van der Waals surface area contributed by atoms with Crippen LogP contribution in [0.5, 0.6) is 5.75 Å². The van der Waals surface area contributed by atoms with Gasteiger partial charge in [-0.2, -0.15) is 0 Å². The molecule has 0 spiro atoms. The van der Waals surface area contributed by atoms with Crippen molar-refractivity contribution in [1.29, 1.82) is 0 Å². The second-order valence-electron chi connectivity index (χ2n) is 5.25. The highest BCUT2D eigenvalue weighted by atomic mass is 35.5. The van der Waals surface area contributed by atoms with Crippen LogP contribution in [-0.4, -0.2) is 13.1 Å². The third-order valence-corrected chi connectivity index (χ3v) is 3.81. The van der Waals surface area contributed by atoms with Crippen molar-refractivity contribution in [2.45, 2.75) is 26.9 Å². The van der Waals surface area contributed by atoms with Crippen molar-refractivity contribution >= 4 is 23.3 Å². The van der Waals surface area contributed by atoms with E-state index in [0.29, 0.717) is 17.3 Å². The van der Waals surface area contributed by atoms with Gasteiger partial charge < -0.3 is 15.4 Å². The average Bonchev–Trinajstić information content (AvgIpc) is 2.54. The average molecular weight is 333 g/mol. The highest BCUT2D eigenvalue weighted by molar-refractivity contribution is 6.31. The van der Waals surface area contributed by atoms with Crippen LogP contribution in [0.25, 0.3) is 0 Å². The fourth-order valence-electron chi connectivity index (χ4n) is 2.22. The Hall–Kier alpha value is -2.20. The normalized spacial score (nSPS) is 10.3. The number of hydrogen-bond acceptors (Lipinski definition) is 2. The quantitative estimate of drug-likeness (QED) is 0.844. The predicted molar refractivity (Wildman–Crippen MR) is 94.4 cm³/mol. The minimum absolute atomic E-state index is 0.294. The number of amides is 2. The molecular formula is C18H21ClN2O2. The van der Waals surface area contributed by atoms with Gasteiger partial charge in [0.1, 0.15) is 12.4 Å². The molecule has 0 saturated heterocycles. The highest BCUT2D eigenvalue weighted by Gasteiger charge is 2.08. The number of rotatable bonds is 5. The third-order valence-electron chi connectivity index (χ3n) is 3.58. The van der Waals surface area contributed by atoms with Gasteiger partial charge in [-0.15, -0.1) is 0 Å². The van der Waals surface area contributed by atoms with Crippen LogP contribution in [0, 0.1) is 6.92 Å². The molecule has 0 bridgehead atoms. The Balaban J connectivity index is 2.15. The number of carbonyl (C=O) groups excluding carboxylic acids is 1. The van der Waals surface area contributed by atoms with Gasteiger partial charge in [0.15, 0.2) is 0 Å². The van der Waals surface area contributed by atoms with E-state index in [4.69, 9.17) is 16.3 Å². The first-order valence-corrected chi connectivity index (χ1v) is 7.90. The molecule has 5 heteroatoms. The van der Waals surface area contributed by atoms with Crippen LogP contribution >= 0.6 is 11.6 Å². The molecule has 2 aromatic rings. The van der Waals surface area contributed by atoms with Gasteiger partial charge >= 0.3 is 6.03 Å². The van der Waals surface area contributed by atoms with E-state index in [1.165, 1.54) is 5.56 Å². The van der Waals surface area contributed by atoms with Crippen molar-refractivity contribution in [3.8, 4) is 5.75 Å². The summed E-state index contributed by atoms with van der Waals surface area (Å²) in [6.45, 7) is 4.50. The van der Waals surface area contributed by atoms with Gasteiger partial charge in [-0.05, 0) is 42.7 Å². The number of nitrogens with one attached hydrogen (secondary N) is 2. The molecule has 0 saturated carbocycles. The van der Waals surface area contributed by atoms with Crippen molar-refractivity contribution in [2.75, 3.05) is 12.4 Å². The largest absolute Gasteiger partial charge is 0.489 e. The Morgan fingerprint density at radius 2 is 2.00 bits per heavy atom. The molecular weight excluding hydrogens is 312 g/mol. The zero-order valence-electron chi connectivity index (χ0n) is 13.6. The number of carbonyl (C=O) groups is 1. The summed E-state index contributed by atoms with van der Waals surface area (Å²) in [5.41, 5.74) is 3.87. The van der Waals surface area contributed by atoms with Crippen LogP contribution in [0.4, 0.5) is 10.5 Å². The molecule has 2 aromatic carbocycles. The lowest BCUT2D eigenvalue weighted by Gasteiger charge is -2.14. The zero-order chi connectivity index (χ0) is 16.8. The highest BCUT2D eigenvalue weighted by Crippen LogP contribution is 2.25. The van der Waals surface area contributed by atoms with E-state index in [0.717, 1.165) is 23.3 Å². The Morgan fingerprint density at radius 3 is 2.65 bits per heavy atom. The molecule has 2 rings (SSSR count). The lowest BCUT2D eigenvalue weighted by Crippen LogP contribution is -2.25. The van der Waals surface area contributed by atoms with E-state index in [9.17, 15) is 4.79 Å². The number of hydrogen-bond donors (Lipinski definition) is 2. The van der Waals surface area contributed by atoms with Crippen molar-refractivity contribution < 1.29 is 9.53 Å². The van der Waals surface area contributed by atoms with Gasteiger partial charge in [0, 0.05) is 17.6 Å². The number of aryl methyl sites for hydroxylation is 2. The van der Waals surface area contributed by atoms with E-state index in [1.807, 2.05) is 19.1 Å². The zero-order valence-corrected chi connectivity index (χ0v) is 14.3. The van der Waals surface area contributed by atoms with Gasteiger partial charge in [-0.25, -0.2) is 4.79 Å². The first-order chi connectivity index (χ1) is 11.0. The summed E-state index contributed by atoms with van der Waals surface area (Å²) in [7, 11) is 1.56. The minimum Gasteiger partial charge on any atom is -0.489 e. The standard InChI is InChI=1S/C18H21ClN2O2/c1-4-13-5-8-17(12(2)9-13)23-11-14-6-7-15(19)10-16(14)21-18(22)20-3/h5-10H,4,11H2,1-3H3,(H2,20,21,22).